The van der Waals surface area contributed by atoms with Gasteiger partial charge in [-0.15, -0.1) is 0 Å². The van der Waals surface area contributed by atoms with E-state index in [0.29, 0.717) is 54.6 Å². The maximum atomic E-state index is 13.2. The molecule has 13 nitrogen and oxygen atoms in total. The van der Waals surface area contributed by atoms with E-state index in [1.54, 1.807) is 48.7 Å². The van der Waals surface area contributed by atoms with E-state index in [1.165, 1.54) is 47.2 Å². The SMILES string of the molecule is Nc1ccc(C(O)CNCC2CCc3cc(NS(=O)(=O)c4ccc(-n5nnn(CCCCC6CCC6)c5=O)cc4)ccc3O2)cn1. The fraction of sp³-hybridized carbons (Fsp3) is 0.438. The lowest BCUT2D eigenvalue weighted by Crippen LogP contribution is -2.36. The molecular formula is C32H40N8O5S. The van der Waals surface area contributed by atoms with Gasteiger partial charge in [-0.1, -0.05) is 38.2 Å². The van der Waals surface area contributed by atoms with Gasteiger partial charge >= 0.3 is 5.69 Å². The Morgan fingerprint density at radius 3 is 2.61 bits per heavy atom. The van der Waals surface area contributed by atoms with Crippen molar-refractivity contribution in [2.75, 3.05) is 23.5 Å². The number of tetrazole rings is 1. The van der Waals surface area contributed by atoms with Crippen LogP contribution in [0.2, 0.25) is 0 Å². The fourth-order valence-corrected chi connectivity index (χ4v) is 6.85. The van der Waals surface area contributed by atoms with Crippen LogP contribution in [0.1, 0.15) is 62.2 Å². The number of rotatable bonds is 14. The van der Waals surface area contributed by atoms with Gasteiger partial charge in [-0.2, -0.15) is 9.36 Å². The number of anilines is 2. The zero-order valence-electron chi connectivity index (χ0n) is 25.6. The van der Waals surface area contributed by atoms with Crippen LogP contribution in [0.3, 0.4) is 0 Å². The predicted molar refractivity (Wildman–Crippen MR) is 173 cm³/mol. The largest absolute Gasteiger partial charge is 0.489 e. The number of ether oxygens (including phenoxy) is 1. The van der Waals surface area contributed by atoms with Crippen molar-refractivity contribution >= 4 is 21.5 Å². The summed E-state index contributed by atoms with van der Waals surface area (Å²) in [5.41, 5.74) is 7.72. The number of nitrogens with two attached hydrogens (primary N) is 1. The van der Waals surface area contributed by atoms with Gasteiger partial charge in [0.2, 0.25) is 0 Å². The van der Waals surface area contributed by atoms with Crippen LogP contribution in [-0.4, -0.2) is 57.5 Å². The molecule has 1 aliphatic heterocycles. The summed E-state index contributed by atoms with van der Waals surface area (Å²) in [6.45, 7) is 1.40. The Hall–Kier alpha value is -4.27. The van der Waals surface area contributed by atoms with Crippen LogP contribution in [-0.2, 0) is 23.0 Å². The van der Waals surface area contributed by atoms with E-state index in [0.717, 1.165) is 30.7 Å². The third kappa shape index (κ3) is 7.57. The number of nitrogens with zero attached hydrogens (tertiary/aromatic N) is 5. The summed E-state index contributed by atoms with van der Waals surface area (Å²) in [5.74, 6) is 1.94. The van der Waals surface area contributed by atoms with Crippen LogP contribution in [0.5, 0.6) is 5.75 Å². The highest BCUT2D eigenvalue weighted by Gasteiger charge is 2.22. The van der Waals surface area contributed by atoms with Crippen LogP contribution in [0.15, 0.2) is 70.5 Å². The number of benzene rings is 2. The molecule has 2 aliphatic rings. The molecule has 0 saturated heterocycles. The monoisotopic (exact) mass is 648 g/mol. The second kappa shape index (κ2) is 14.0. The molecule has 0 bridgehead atoms. The van der Waals surface area contributed by atoms with Crippen molar-refractivity contribution in [1.82, 2.24) is 30.1 Å². The molecule has 1 aliphatic carbocycles. The van der Waals surface area contributed by atoms with Gasteiger partial charge in [0.1, 0.15) is 17.7 Å². The van der Waals surface area contributed by atoms with E-state index in [2.05, 4.69) is 25.4 Å². The number of aryl methyl sites for hydroxylation is 2. The van der Waals surface area contributed by atoms with Gasteiger partial charge in [-0.3, -0.25) is 4.72 Å². The second-order valence-corrected chi connectivity index (χ2v) is 13.8. The Morgan fingerprint density at radius 1 is 1.04 bits per heavy atom. The van der Waals surface area contributed by atoms with Crippen molar-refractivity contribution in [2.45, 2.75) is 75.0 Å². The third-order valence-electron chi connectivity index (χ3n) is 8.73. The number of fused-ring (bicyclic) bond motifs is 1. The minimum absolute atomic E-state index is 0.0599. The van der Waals surface area contributed by atoms with E-state index < -0.39 is 16.1 Å². The van der Waals surface area contributed by atoms with E-state index >= 15 is 0 Å². The third-order valence-corrected chi connectivity index (χ3v) is 10.1. The summed E-state index contributed by atoms with van der Waals surface area (Å²) in [7, 11) is -3.88. The molecule has 6 rings (SSSR count). The number of pyridine rings is 1. The number of unbranched alkanes of at least 4 members (excludes halogenated alkanes) is 1. The first-order valence-electron chi connectivity index (χ1n) is 15.8. The minimum atomic E-state index is -3.88. The quantitative estimate of drug-likeness (QED) is 0.148. The Bertz CT molecular complexity index is 1790. The molecule has 1 saturated carbocycles. The number of nitrogens with one attached hydrogen (secondary N) is 2. The molecule has 2 aromatic carbocycles. The molecule has 4 aromatic rings. The summed E-state index contributed by atoms with van der Waals surface area (Å²) in [5, 5.41) is 21.6. The summed E-state index contributed by atoms with van der Waals surface area (Å²) >= 11 is 0. The molecule has 0 spiro atoms. The normalized spacial score (nSPS) is 17.1. The van der Waals surface area contributed by atoms with Crippen molar-refractivity contribution in [3.8, 4) is 11.4 Å². The minimum Gasteiger partial charge on any atom is -0.489 e. The Morgan fingerprint density at radius 2 is 1.87 bits per heavy atom. The molecule has 14 heteroatoms. The van der Waals surface area contributed by atoms with Gasteiger partial charge in [0.25, 0.3) is 10.0 Å². The zero-order chi connectivity index (χ0) is 32.1. The molecule has 2 aromatic heterocycles. The van der Waals surface area contributed by atoms with Crippen molar-refractivity contribution < 1.29 is 18.3 Å². The van der Waals surface area contributed by atoms with Crippen molar-refractivity contribution in [3.63, 3.8) is 0 Å². The Balaban J connectivity index is 1.00. The highest BCUT2D eigenvalue weighted by molar-refractivity contribution is 7.92. The first-order chi connectivity index (χ1) is 22.2. The molecular weight excluding hydrogens is 608 g/mol. The summed E-state index contributed by atoms with van der Waals surface area (Å²) in [6, 6.07) is 14.6. The summed E-state index contributed by atoms with van der Waals surface area (Å²) < 4.78 is 37.7. The first kappa shape index (κ1) is 31.7. The molecule has 0 amide bonds. The fourth-order valence-electron chi connectivity index (χ4n) is 5.80. The standard InChI is InChI=1S/C32H40N8O5S/c33-31-16-8-24(19-35-31)29(41)21-34-20-27-12-7-23-18-25(9-15-30(23)45-27)36-46(43,44)28-13-10-26(11-14-28)40-32(42)39(37-38-40)17-2-1-4-22-5-3-6-22/h8-11,13-16,18-19,22,27,29,34,36,41H,1-7,12,17,20-21H2,(H2,33,35). The molecule has 1 fully saturated rings. The average molecular weight is 649 g/mol. The van der Waals surface area contributed by atoms with Gasteiger partial charge in [0, 0.05) is 37.1 Å². The highest BCUT2D eigenvalue weighted by atomic mass is 32.2. The first-order valence-corrected chi connectivity index (χ1v) is 17.3. The maximum Gasteiger partial charge on any atom is 0.368 e. The molecule has 2 atom stereocenters. The lowest BCUT2D eigenvalue weighted by molar-refractivity contribution is 0.146. The smallest absolute Gasteiger partial charge is 0.368 e. The van der Waals surface area contributed by atoms with Crippen molar-refractivity contribution in [1.29, 1.82) is 0 Å². The van der Waals surface area contributed by atoms with E-state index in [9.17, 15) is 18.3 Å². The average Bonchev–Trinajstić information content (AvgIpc) is 3.40. The van der Waals surface area contributed by atoms with Crippen molar-refractivity contribution in [3.05, 3.63) is 82.4 Å². The topological polar surface area (TPSA) is 179 Å². The molecule has 46 heavy (non-hydrogen) atoms. The van der Waals surface area contributed by atoms with Gasteiger partial charge in [-0.25, -0.2) is 18.2 Å². The molecule has 3 heterocycles. The van der Waals surface area contributed by atoms with Crippen LogP contribution in [0.4, 0.5) is 11.5 Å². The number of nitrogen functional groups attached to an aromatic ring is 1. The van der Waals surface area contributed by atoms with E-state index in [4.69, 9.17) is 10.5 Å². The number of aromatic nitrogens is 5. The lowest BCUT2D eigenvalue weighted by Gasteiger charge is -2.27. The van der Waals surface area contributed by atoms with Crippen LogP contribution in [0, 0.1) is 5.92 Å². The van der Waals surface area contributed by atoms with Crippen LogP contribution in [0.25, 0.3) is 5.69 Å². The lowest BCUT2D eigenvalue weighted by atomic mass is 9.82. The van der Waals surface area contributed by atoms with E-state index in [-0.39, 0.29) is 16.7 Å². The molecule has 0 radical (unpaired) electrons. The second-order valence-electron chi connectivity index (χ2n) is 12.1. The van der Waals surface area contributed by atoms with Gasteiger partial charge in [-0.05, 0) is 89.7 Å². The van der Waals surface area contributed by atoms with Crippen LogP contribution >= 0.6 is 0 Å². The number of hydrogen-bond donors (Lipinski definition) is 4. The highest BCUT2D eigenvalue weighted by Crippen LogP contribution is 2.32. The number of aliphatic hydroxyl groups is 1. The van der Waals surface area contributed by atoms with Gasteiger partial charge in [0.05, 0.1) is 16.7 Å². The summed E-state index contributed by atoms with van der Waals surface area (Å²) in [4.78, 5) is 16.9. The maximum absolute atomic E-state index is 13.2. The molecule has 244 valence electrons. The zero-order valence-corrected chi connectivity index (χ0v) is 26.4. The van der Waals surface area contributed by atoms with Crippen LogP contribution < -0.4 is 26.2 Å². The Kier molecular flexibility index (Phi) is 9.66. The van der Waals surface area contributed by atoms with E-state index in [1.807, 2.05) is 0 Å². The van der Waals surface area contributed by atoms with Gasteiger partial charge < -0.3 is 20.9 Å². The molecule has 5 N–H and O–H groups in total. The number of aliphatic hydroxyl groups excluding tert-OH is 1. The van der Waals surface area contributed by atoms with Gasteiger partial charge in [0.15, 0.2) is 0 Å². The number of hydrogen-bond acceptors (Lipinski definition) is 10. The Labute approximate surface area is 267 Å². The molecule has 2 unspecified atom stereocenters. The van der Waals surface area contributed by atoms with Crippen molar-refractivity contribution in [2.24, 2.45) is 5.92 Å². The number of sulfonamides is 1. The summed E-state index contributed by atoms with van der Waals surface area (Å²) in [6.07, 6.45) is 9.32. The predicted octanol–water partition coefficient (Wildman–Crippen LogP) is 3.19.